The molecule has 22 heavy (non-hydrogen) atoms. The van der Waals surface area contributed by atoms with Crippen LogP contribution in [-0.4, -0.2) is 23.4 Å². The minimum atomic E-state index is -1.37. The molecule has 0 radical (unpaired) electrons. The summed E-state index contributed by atoms with van der Waals surface area (Å²) in [5.74, 6) is 0.865. The van der Waals surface area contributed by atoms with Crippen molar-refractivity contribution in [2.45, 2.75) is 0 Å². The molecule has 1 heterocycles. The van der Waals surface area contributed by atoms with Gasteiger partial charge in [-0.3, -0.25) is 4.98 Å². The lowest BCUT2D eigenvalue weighted by molar-refractivity contribution is 0.145. The molecule has 3 aromatic rings. The highest BCUT2D eigenvalue weighted by molar-refractivity contribution is 5.99. The first-order valence-electron chi connectivity index (χ1n) is 6.62. The van der Waals surface area contributed by atoms with Crippen molar-refractivity contribution in [3.8, 4) is 22.8 Å². The number of rotatable bonds is 3. The fraction of sp³-hybridized carbons (Fsp3) is 0.0588. The minimum absolute atomic E-state index is 0.199. The van der Waals surface area contributed by atoms with E-state index in [1.54, 1.807) is 19.2 Å². The number of carbonyl (C=O) groups is 1. The average Bonchev–Trinajstić information content (AvgIpc) is 2.55. The Labute approximate surface area is 126 Å². The molecule has 0 unspecified atom stereocenters. The molecule has 0 fully saturated rings. The smallest absolute Gasteiger partial charge is 0.497 e. The van der Waals surface area contributed by atoms with E-state index >= 15 is 0 Å². The first-order chi connectivity index (χ1) is 10.7. The van der Waals surface area contributed by atoms with Crippen LogP contribution in [0, 0.1) is 0 Å². The summed E-state index contributed by atoms with van der Waals surface area (Å²) >= 11 is 0. The lowest BCUT2D eigenvalue weighted by atomic mass is 10.0. The van der Waals surface area contributed by atoms with Gasteiger partial charge in [-0.1, -0.05) is 30.3 Å². The van der Waals surface area contributed by atoms with Gasteiger partial charge in [0.05, 0.1) is 19.0 Å². The fourth-order valence-corrected chi connectivity index (χ4v) is 2.32. The Morgan fingerprint density at radius 3 is 2.55 bits per heavy atom. The minimum Gasteiger partial charge on any atom is -0.497 e. The maximum atomic E-state index is 10.8. The van der Waals surface area contributed by atoms with Crippen molar-refractivity contribution in [1.29, 1.82) is 0 Å². The number of hydrogen-bond donors (Lipinski definition) is 1. The number of benzene rings is 2. The summed E-state index contributed by atoms with van der Waals surface area (Å²) < 4.78 is 10.1. The largest absolute Gasteiger partial charge is 0.511 e. The molecule has 0 amide bonds. The number of hydrogen-bond acceptors (Lipinski definition) is 4. The van der Waals surface area contributed by atoms with Gasteiger partial charge in [-0.25, -0.2) is 4.79 Å². The summed E-state index contributed by atoms with van der Waals surface area (Å²) in [7, 11) is 1.58. The second-order valence-electron chi connectivity index (χ2n) is 4.62. The summed E-state index contributed by atoms with van der Waals surface area (Å²) in [4.78, 5) is 15.2. The maximum absolute atomic E-state index is 10.8. The summed E-state index contributed by atoms with van der Waals surface area (Å²) in [6, 6.07) is 15.0. The van der Waals surface area contributed by atoms with Crippen LogP contribution in [-0.2, 0) is 0 Å². The highest BCUT2D eigenvalue weighted by Gasteiger charge is 2.13. The van der Waals surface area contributed by atoms with Crippen LogP contribution < -0.4 is 9.47 Å². The van der Waals surface area contributed by atoms with Gasteiger partial charge in [-0.05, 0) is 18.2 Å². The summed E-state index contributed by atoms with van der Waals surface area (Å²) in [6.45, 7) is 0. The predicted octanol–water partition coefficient (Wildman–Crippen LogP) is 3.97. The number of nitrogens with zero attached hydrogens (tertiary/aromatic N) is 1. The van der Waals surface area contributed by atoms with Crippen molar-refractivity contribution in [3.63, 3.8) is 0 Å². The van der Waals surface area contributed by atoms with E-state index in [9.17, 15) is 4.79 Å². The summed E-state index contributed by atoms with van der Waals surface area (Å²) in [6.07, 6.45) is 0.0528. The first kappa shape index (κ1) is 13.9. The van der Waals surface area contributed by atoms with Crippen LogP contribution in [0.3, 0.4) is 0 Å². The SMILES string of the molecule is COc1ccc2c(OC(=O)O)cnc(-c3ccccc3)c2c1. The molecule has 3 rings (SSSR count). The van der Waals surface area contributed by atoms with E-state index in [-0.39, 0.29) is 5.75 Å². The van der Waals surface area contributed by atoms with Gasteiger partial charge < -0.3 is 14.6 Å². The van der Waals surface area contributed by atoms with Gasteiger partial charge >= 0.3 is 6.16 Å². The zero-order valence-corrected chi connectivity index (χ0v) is 11.8. The molecular weight excluding hydrogens is 282 g/mol. The second kappa shape index (κ2) is 5.73. The third-order valence-corrected chi connectivity index (χ3v) is 3.30. The quantitative estimate of drug-likeness (QED) is 0.740. The van der Waals surface area contributed by atoms with E-state index in [0.29, 0.717) is 11.1 Å². The van der Waals surface area contributed by atoms with Crippen LogP contribution >= 0.6 is 0 Å². The second-order valence-corrected chi connectivity index (χ2v) is 4.62. The van der Waals surface area contributed by atoms with Gasteiger partial charge in [0, 0.05) is 16.3 Å². The number of methoxy groups -OCH3 is 1. The third-order valence-electron chi connectivity index (χ3n) is 3.30. The van der Waals surface area contributed by atoms with E-state index in [4.69, 9.17) is 14.6 Å². The standard InChI is InChI=1S/C17H13NO4/c1-21-12-7-8-13-14(9-12)16(11-5-3-2-4-6-11)18-10-15(13)22-17(19)20/h2-10H,1H3,(H,19,20). The third kappa shape index (κ3) is 2.56. The fourth-order valence-electron chi connectivity index (χ4n) is 2.32. The molecule has 1 N–H and O–H groups in total. The topological polar surface area (TPSA) is 68.7 Å². The highest BCUT2D eigenvalue weighted by atomic mass is 16.7. The first-order valence-corrected chi connectivity index (χ1v) is 6.62. The molecule has 0 aliphatic heterocycles. The molecule has 110 valence electrons. The predicted molar refractivity (Wildman–Crippen MR) is 82.4 cm³/mol. The number of carboxylic acid groups (broad SMARTS) is 1. The molecule has 0 saturated heterocycles. The monoisotopic (exact) mass is 295 g/mol. The van der Waals surface area contributed by atoms with Crippen LogP contribution in [0.2, 0.25) is 0 Å². The Hall–Kier alpha value is -3.08. The molecule has 0 atom stereocenters. The van der Waals surface area contributed by atoms with Gasteiger partial charge in [-0.2, -0.15) is 0 Å². The van der Waals surface area contributed by atoms with E-state index in [1.807, 2.05) is 36.4 Å². The van der Waals surface area contributed by atoms with Gasteiger partial charge in [-0.15, -0.1) is 0 Å². The molecule has 5 nitrogen and oxygen atoms in total. The van der Waals surface area contributed by atoms with Crippen molar-refractivity contribution in [3.05, 3.63) is 54.7 Å². The van der Waals surface area contributed by atoms with Gasteiger partial charge in [0.1, 0.15) is 5.75 Å². The average molecular weight is 295 g/mol. The Morgan fingerprint density at radius 2 is 1.86 bits per heavy atom. The van der Waals surface area contributed by atoms with Crippen molar-refractivity contribution >= 4 is 16.9 Å². The highest BCUT2D eigenvalue weighted by Crippen LogP contribution is 2.34. The van der Waals surface area contributed by atoms with E-state index in [2.05, 4.69) is 4.98 Å². The van der Waals surface area contributed by atoms with Gasteiger partial charge in [0.2, 0.25) is 0 Å². The number of pyridine rings is 1. The lowest BCUT2D eigenvalue weighted by Gasteiger charge is -2.11. The molecule has 0 aliphatic carbocycles. The van der Waals surface area contributed by atoms with Crippen LogP contribution in [0.15, 0.2) is 54.7 Å². The number of fused-ring (bicyclic) bond motifs is 1. The molecule has 2 aromatic carbocycles. The van der Waals surface area contributed by atoms with Crippen molar-refractivity contribution in [1.82, 2.24) is 4.98 Å². The Kier molecular flexibility index (Phi) is 3.62. The Bertz CT molecular complexity index is 831. The molecule has 0 saturated carbocycles. The van der Waals surface area contributed by atoms with Crippen molar-refractivity contribution < 1.29 is 19.4 Å². The zero-order valence-electron chi connectivity index (χ0n) is 11.8. The van der Waals surface area contributed by atoms with Crippen LogP contribution in [0.1, 0.15) is 0 Å². The molecule has 1 aromatic heterocycles. The normalized spacial score (nSPS) is 10.4. The van der Waals surface area contributed by atoms with E-state index in [0.717, 1.165) is 16.6 Å². The van der Waals surface area contributed by atoms with Gasteiger partial charge in [0.25, 0.3) is 0 Å². The molecule has 0 bridgehead atoms. The molecular formula is C17H13NO4. The van der Waals surface area contributed by atoms with E-state index in [1.165, 1.54) is 6.20 Å². The number of ether oxygens (including phenoxy) is 2. The molecule has 0 spiro atoms. The van der Waals surface area contributed by atoms with Crippen LogP contribution in [0.5, 0.6) is 11.5 Å². The zero-order chi connectivity index (χ0) is 15.5. The summed E-state index contributed by atoms with van der Waals surface area (Å²) in [5, 5.41) is 10.3. The van der Waals surface area contributed by atoms with Crippen molar-refractivity contribution in [2.24, 2.45) is 0 Å². The summed E-state index contributed by atoms with van der Waals surface area (Å²) in [5.41, 5.74) is 1.68. The number of aromatic nitrogens is 1. The van der Waals surface area contributed by atoms with Crippen molar-refractivity contribution in [2.75, 3.05) is 7.11 Å². The van der Waals surface area contributed by atoms with Crippen LogP contribution in [0.25, 0.3) is 22.0 Å². The molecule has 0 aliphatic rings. The van der Waals surface area contributed by atoms with E-state index < -0.39 is 6.16 Å². The van der Waals surface area contributed by atoms with Crippen LogP contribution in [0.4, 0.5) is 4.79 Å². The molecule has 5 heteroatoms. The lowest BCUT2D eigenvalue weighted by Crippen LogP contribution is -2.04. The maximum Gasteiger partial charge on any atom is 0.511 e. The van der Waals surface area contributed by atoms with Gasteiger partial charge in [0.15, 0.2) is 5.75 Å². The Morgan fingerprint density at radius 1 is 1.09 bits per heavy atom. The Balaban J connectivity index is 2.27.